The van der Waals surface area contributed by atoms with Crippen LogP contribution in [-0.4, -0.2) is 45.3 Å². The Hall–Kier alpha value is -1.54. The van der Waals surface area contributed by atoms with Gasteiger partial charge in [0.05, 0.1) is 23.3 Å². The highest BCUT2D eigenvalue weighted by Gasteiger charge is 2.52. The number of carbonyl (C=O) groups is 1. The third-order valence-electron chi connectivity index (χ3n) is 5.01. The molecule has 154 valence electrons. The molecule has 0 atom stereocenters. The Balaban J connectivity index is 2.35. The summed E-state index contributed by atoms with van der Waals surface area (Å²) in [6, 6.07) is 3.56. The predicted molar refractivity (Wildman–Crippen MR) is 110 cm³/mol. The van der Waals surface area contributed by atoms with E-state index in [1.54, 1.807) is 13.2 Å². The van der Waals surface area contributed by atoms with Crippen LogP contribution < -0.4 is 10.2 Å². The van der Waals surface area contributed by atoms with Crippen LogP contribution in [0, 0.1) is 0 Å². The number of carbonyl (C=O) groups excluding carboxylic acids is 1. The maximum atomic E-state index is 11.3. The van der Waals surface area contributed by atoms with Gasteiger partial charge in [-0.25, -0.2) is 0 Å². The fraction of sp³-hybridized carbons (Fsp3) is 0.550. The molecule has 0 saturated carbocycles. The van der Waals surface area contributed by atoms with Gasteiger partial charge in [-0.1, -0.05) is 23.8 Å². The van der Waals surface area contributed by atoms with Gasteiger partial charge in [0.15, 0.2) is 6.79 Å². The van der Waals surface area contributed by atoms with Gasteiger partial charge in [0, 0.05) is 13.5 Å². The summed E-state index contributed by atoms with van der Waals surface area (Å²) in [5.41, 5.74) is 0.542. The van der Waals surface area contributed by atoms with E-state index in [-0.39, 0.29) is 12.8 Å². The fourth-order valence-corrected chi connectivity index (χ4v) is 2.95. The van der Waals surface area contributed by atoms with Crippen molar-refractivity contribution in [3.8, 4) is 5.75 Å². The molecule has 0 amide bonds. The summed E-state index contributed by atoms with van der Waals surface area (Å²) >= 11 is 6.53. The van der Waals surface area contributed by atoms with E-state index in [0.29, 0.717) is 23.6 Å². The van der Waals surface area contributed by atoms with E-state index in [9.17, 15) is 4.79 Å². The van der Waals surface area contributed by atoms with Gasteiger partial charge < -0.3 is 23.5 Å². The average Bonchev–Trinajstić information content (AvgIpc) is 2.84. The number of benzene rings is 1. The molecule has 6 nitrogen and oxygen atoms in total. The highest BCUT2D eigenvalue weighted by Crippen LogP contribution is 2.37. The molecule has 0 N–H and O–H groups in total. The van der Waals surface area contributed by atoms with E-state index in [1.807, 2.05) is 45.9 Å². The fourth-order valence-electron chi connectivity index (χ4n) is 2.67. The number of hydrogen-bond donors (Lipinski definition) is 0. The summed E-state index contributed by atoms with van der Waals surface area (Å²) in [6.45, 7) is 8.07. The standard InChI is InChI=1S/C20H28BClO6/c1-19(2)20(3,4)28-21(27-19)16-11-14(26-13-24-5)12-17(22)15(16)9-7-8-10-18(23)25-6/h7,9,11-12H,8,10,13H2,1-6H3/b9-7+. The van der Waals surface area contributed by atoms with Gasteiger partial charge in [0.25, 0.3) is 0 Å². The molecule has 8 heteroatoms. The van der Waals surface area contributed by atoms with Crippen LogP contribution in [0.2, 0.25) is 5.02 Å². The lowest BCUT2D eigenvalue weighted by atomic mass is 9.75. The third kappa shape index (κ3) is 5.29. The van der Waals surface area contributed by atoms with Crippen LogP contribution in [0.5, 0.6) is 5.75 Å². The molecule has 1 aromatic rings. The van der Waals surface area contributed by atoms with Crippen molar-refractivity contribution in [3.05, 3.63) is 28.8 Å². The molecule has 1 aromatic carbocycles. The van der Waals surface area contributed by atoms with Crippen LogP contribution in [0.25, 0.3) is 6.08 Å². The first-order valence-electron chi connectivity index (χ1n) is 9.15. The zero-order valence-corrected chi connectivity index (χ0v) is 18.1. The number of esters is 1. The van der Waals surface area contributed by atoms with Gasteiger partial charge in [0.1, 0.15) is 5.75 Å². The van der Waals surface area contributed by atoms with Gasteiger partial charge in [-0.15, -0.1) is 0 Å². The zero-order valence-electron chi connectivity index (χ0n) is 17.3. The molecule has 0 bridgehead atoms. The highest BCUT2D eigenvalue weighted by atomic mass is 35.5. The predicted octanol–water partition coefficient (Wildman–Crippen LogP) is 3.59. The van der Waals surface area contributed by atoms with Gasteiger partial charge >= 0.3 is 13.1 Å². The van der Waals surface area contributed by atoms with E-state index >= 15 is 0 Å². The summed E-state index contributed by atoms with van der Waals surface area (Å²) in [4.78, 5) is 11.3. The van der Waals surface area contributed by atoms with E-state index in [1.165, 1.54) is 7.11 Å². The van der Waals surface area contributed by atoms with Crippen LogP contribution >= 0.6 is 11.6 Å². The minimum atomic E-state index is -0.603. The van der Waals surface area contributed by atoms with Crippen molar-refractivity contribution < 1.29 is 28.3 Å². The maximum absolute atomic E-state index is 11.3. The second kappa shape index (κ2) is 9.31. The van der Waals surface area contributed by atoms with Crippen molar-refractivity contribution in [2.75, 3.05) is 21.0 Å². The molecule has 1 aliphatic rings. The molecule has 1 aliphatic heterocycles. The largest absolute Gasteiger partial charge is 0.495 e. The van der Waals surface area contributed by atoms with Crippen LogP contribution in [0.15, 0.2) is 18.2 Å². The average molecular weight is 411 g/mol. The third-order valence-corrected chi connectivity index (χ3v) is 5.33. The maximum Gasteiger partial charge on any atom is 0.495 e. The molecule has 0 aliphatic carbocycles. The number of ether oxygens (including phenoxy) is 3. The summed E-state index contributed by atoms with van der Waals surface area (Å²) in [5.74, 6) is 0.300. The Morgan fingerprint density at radius 2 is 1.82 bits per heavy atom. The number of methoxy groups -OCH3 is 2. The zero-order chi connectivity index (χ0) is 20.9. The molecule has 1 fully saturated rings. The molecule has 1 heterocycles. The van der Waals surface area contributed by atoms with Crippen molar-refractivity contribution in [3.63, 3.8) is 0 Å². The van der Waals surface area contributed by atoms with Crippen LogP contribution in [0.1, 0.15) is 46.1 Å². The quantitative estimate of drug-likeness (QED) is 0.371. The molecule has 0 aromatic heterocycles. The normalized spacial score (nSPS) is 17.9. The van der Waals surface area contributed by atoms with Crippen molar-refractivity contribution >= 4 is 36.2 Å². The SMILES string of the molecule is COCOc1cc(Cl)c(/C=C/CCC(=O)OC)c(B2OC(C)(C)C(C)(C)O2)c1. The first-order chi connectivity index (χ1) is 13.1. The molecule has 1 saturated heterocycles. The van der Waals surface area contributed by atoms with Crippen LogP contribution in [0.4, 0.5) is 0 Å². The molecule has 2 rings (SSSR count). The number of rotatable bonds is 8. The minimum Gasteiger partial charge on any atom is -0.469 e. The Bertz CT molecular complexity index is 716. The first-order valence-corrected chi connectivity index (χ1v) is 9.53. The summed E-state index contributed by atoms with van der Waals surface area (Å²) in [7, 11) is 2.32. The van der Waals surface area contributed by atoms with E-state index in [2.05, 4.69) is 4.74 Å². The second-order valence-corrected chi connectivity index (χ2v) is 7.97. The molecule has 28 heavy (non-hydrogen) atoms. The number of hydrogen-bond acceptors (Lipinski definition) is 6. The molecule has 0 spiro atoms. The van der Waals surface area contributed by atoms with E-state index in [0.717, 1.165) is 11.0 Å². The summed E-state index contributed by atoms with van der Waals surface area (Å²) in [5, 5.41) is 0.493. The lowest BCUT2D eigenvalue weighted by molar-refractivity contribution is -0.140. The lowest BCUT2D eigenvalue weighted by Crippen LogP contribution is -2.41. The van der Waals surface area contributed by atoms with Gasteiger partial charge in [-0.05, 0) is 57.3 Å². The Labute approximate surface area is 172 Å². The van der Waals surface area contributed by atoms with E-state index in [4.69, 9.17) is 30.4 Å². The smallest absolute Gasteiger partial charge is 0.469 e. The highest BCUT2D eigenvalue weighted by molar-refractivity contribution is 6.63. The monoisotopic (exact) mass is 410 g/mol. The Morgan fingerprint density at radius 1 is 1.18 bits per heavy atom. The van der Waals surface area contributed by atoms with Gasteiger partial charge in [0.2, 0.25) is 0 Å². The molecule has 0 unspecified atom stereocenters. The van der Waals surface area contributed by atoms with Gasteiger partial charge in [-0.3, -0.25) is 4.79 Å². The van der Waals surface area contributed by atoms with Crippen molar-refractivity contribution in [2.24, 2.45) is 0 Å². The molecular weight excluding hydrogens is 382 g/mol. The second-order valence-electron chi connectivity index (χ2n) is 7.56. The molecule has 0 radical (unpaired) electrons. The number of halogens is 1. The Kier molecular flexibility index (Phi) is 7.56. The molecular formula is C20H28BClO6. The minimum absolute atomic E-state index is 0.105. The first kappa shape index (κ1) is 22.8. The van der Waals surface area contributed by atoms with Crippen molar-refractivity contribution in [1.82, 2.24) is 0 Å². The number of allylic oxidation sites excluding steroid dienone is 1. The van der Waals surface area contributed by atoms with Crippen LogP contribution in [-0.2, 0) is 23.6 Å². The van der Waals surface area contributed by atoms with Crippen molar-refractivity contribution in [1.29, 1.82) is 0 Å². The lowest BCUT2D eigenvalue weighted by Gasteiger charge is -2.32. The summed E-state index contributed by atoms with van der Waals surface area (Å²) < 4.78 is 27.6. The van der Waals surface area contributed by atoms with E-state index < -0.39 is 18.3 Å². The summed E-state index contributed by atoms with van der Waals surface area (Å²) in [6.07, 6.45) is 4.58. The van der Waals surface area contributed by atoms with Crippen molar-refractivity contribution in [2.45, 2.75) is 51.7 Å². The Morgan fingerprint density at radius 3 is 2.39 bits per heavy atom. The topological polar surface area (TPSA) is 63.2 Å². The van der Waals surface area contributed by atoms with Gasteiger partial charge in [-0.2, -0.15) is 0 Å². The van der Waals surface area contributed by atoms with Crippen LogP contribution in [0.3, 0.4) is 0 Å².